The van der Waals surface area contributed by atoms with E-state index in [0.717, 1.165) is 32.3 Å². The Hall–Kier alpha value is -2.53. The zero-order chi connectivity index (χ0) is 15.5. The van der Waals surface area contributed by atoms with Crippen molar-refractivity contribution in [1.82, 2.24) is 9.97 Å². The highest BCUT2D eigenvalue weighted by molar-refractivity contribution is 7.15. The van der Waals surface area contributed by atoms with Crippen LogP contribution in [0.1, 0.15) is 10.6 Å². The number of carboxylic acid groups (broad SMARTS) is 1. The smallest absolute Gasteiger partial charge is 0.307 e. The third kappa shape index (κ3) is 3.04. The van der Waals surface area contributed by atoms with E-state index in [9.17, 15) is 4.79 Å². The Balaban J connectivity index is 2.07. The first kappa shape index (κ1) is 14.4. The first-order chi connectivity index (χ1) is 10.6. The van der Waals surface area contributed by atoms with Crippen LogP contribution in [-0.2, 0) is 11.2 Å². The second kappa shape index (κ2) is 6.07. The second-order valence-electron chi connectivity index (χ2n) is 4.92. The van der Waals surface area contributed by atoms with Gasteiger partial charge in [-0.1, -0.05) is 18.2 Å². The van der Waals surface area contributed by atoms with Gasteiger partial charge in [0.1, 0.15) is 0 Å². The lowest BCUT2D eigenvalue weighted by molar-refractivity contribution is -0.136. The van der Waals surface area contributed by atoms with Crippen LogP contribution in [0.15, 0.2) is 48.8 Å². The van der Waals surface area contributed by atoms with Gasteiger partial charge in [0.15, 0.2) is 0 Å². The Morgan fingerprint density at radius 2 is 1.95 bits per heavy atom. The maximum Gasteiger partial charge on any atom is 0.307 e. The summed E-state index contributed by atoms with van der Waals surface area (Å²) in [6.07, 6.45) is 3.51. The highest BCUT2D eigenvalue weighted by Crippen LogP contribution is 2.36. The highest BCUT2D eigenvalue weighted by Gasteiger charge is 2.14. The number of aromatic nitrogens is 2. The fraction of sp³-hybridized carbons (Fsp3) is 0.118. The lowest BCUT2D eigenvalue weighted by Crippen LogP contribution is -1.99. The molecule has 0 atom stereocenters. The normalized spacial score (nSPS) is 10.6. The fourth-order valence-corrected chi connectivity index (χ4v) is 3.26. The van der Waals surface area contributed by atoms with E-state index in [1.54, 1.807) is 23.7 Å². The number of hydrogen-bond acceptors (Lipinski definition) is 4. The van der Waals surface area contributed by atoms with Gasteiger partial charge in [0.25, 0.3) is 0 Å². The lowest BCUT2D eigenvalue weighted by atomic mass is 10.0. The molecule has 22 heavy (non-hydrogen) atoms. The van der Waals surface area contributed by atoms with Crippen molar-refractivity contribution in [3.63, 3.8) is 0 Å². The molecule has 0 fully saturated rings. The molecular formula is C17H14N2O2S. The number of aryl methyl sites for hydroxylation is 1. The summed E-state index contributed by atoms with van der Waals surface area (Å²) in [4.78, 5) is 20.6. The van der Waals surface area contributed by atoms with Crippen LogP contribution >= 0.6 is 11.3 Å². The van der Waals surface area contributed by atoms with Gasteiger partial charge in [-0.2, -0.15) is 0 Å². The summed E-state index contributed by atoms with van der Waals surface area (Å²) in [5.41, 5.74) is 3.71. The number of thiazole rings is 1. The van der Waals surface area contributed by atoms with Gasteiger partial charge >= 0.3 is 5.97 Å². The molecule has 1 N–H and O–H groups in total. The molecule has 0 amide bonds. The minimum atomic E-state index is -0.827. The topological polar surface area (TPSA) is 63.1 Å². The minimum Gasteiger partial charge on any atom is -0.481 e. The van der Waals surface area contributed by atoms with Crippen molar-refractivity contribution in [3.8, 4) is 21.7 Å². The number of benzene rings is 1. The Bertz CT molecular complexity index is 813. The maximum absolute atomic E-state index is 10.9. The molecule has 0 aliphatic carbocycles. The lowest BCUT2D eigenvalue weighted by Gasteiger charge is -2.05. The van der Waals surface area contributed by atoms with Crippen LogP contribution in [-0.4, -0.2) is 21.0 Å². The minimum absolute atomic E-state index is 0.0240. The van der Waals surface area contributed by atoms with Gasteiger partial charge in [-0.05, 0) is 36.2 Å². The van der Waals surface area contributed by atoms with E-state index in [0.29, 0.717) is 0 Å². The van der Waals surface area contributed by atoms with Crippen LogP contribution in [0.25, 0.3) is 21.7 Å². The predicted octanol–water partition coefficient (Wildman–Crippen LogP) is 3.81. The van der Waals surface area contributed by atoms with Crippen LogP contribution in [0.5, 0.6) is 0 Å². The van der Waals surface area contributed by atoms with Crippen LogP contribution in [0, 0.1) is 6.92 Å². The first-order valence-electron chi connectivity index (χ1n) is 6.82. The van der Waals surface area contributed by atoms with Crippen molar-refractivity contribution < 1.29 is 9.90 Å². The molecule has 110 valence electrons. The zero-order valence-corrected chi connectivity index (χ0v) is 12.8. The monoisotopic (exact) mass is 310 g/mol. The summed E-state index contributed by atoms with van der Waals surface area (Å²) in [5.74, 6) is -0.827. The van der Waals surface area contributed by atoms with Crippen LogP contribution in [0.3, 0.4) is 0 Å². The molecule has 0 radical (unpaired) electrons. The third-order valence-electron chi connectivity index (χ3n) is 3.23. The van der Waals surface area contributed by atoms with E-state index >= 15 is 0 Å². The molecule has 0 bridgehead atoms. The molecule has 4 nitrogen and oxygen atoms in total. The quantitative estimate of drug-likeness (QED) is 0.796. The van der Waals surface area contributed by atoms with Crippen LogP contribution in [0.4, 0.5) is 0 Å². The molecule has 1 aromatic carbocycles. The molecule has 0 aliphatic rings. The molecule has 0 aliphatic heterocycles. The molecular weight excluding hydrogens is 296 g/mol. The standard InChI is InChI=1S/C17H14N2O2S/c1-11-19-16(13-5-7-18-8-6-13)17(22-11)14-4-2-3-12(9-14)10-15(20)21/h2-9H,10H2,1H3,(H,20,21). The number of hydrogen-bond donors (Lipinski definition) is 1. The third-order valence-corrected chi connectivity index (χ3v) is 4.25. The van der Waals surface area contributed by atoms with Gasteiger partial charge in [-0.3, -0.25) is 9.78 Å². The second-order valence-corrected chi connectivity index (χ2v) is 6.12. The average Bonchev–Trinajstić information content (AvgIpc) is 2.90. The summed E-state index contributed by atoms with van der Waals surface area (Å²) < 4.78 is 0. The number of nitrogens with zero attached hydrogens (tertiary/aromatic N) is 2. The first-order valence-corrected chi connectivity index (χ1v) is 7.64. The number of carboxylic acids is 1. The van der Waals surface area contributed by atoms with Crippen molar-refractivity contribution >= 4 is 17.3 Å². The maximum atomic E-state index is 10.9. The number of rotatable bonds is 4. The molecule has 2 aromatic heterocycles. The Labute approximate surface area is 132 Å². The summed E-state index contributed by atoms with van der Waals surface area (Å²) in [6, 6.07) is 11.5. The van der Waals surface area contributed by atoms with Crippen molar-refractivity contribution in [2.45, 2.75) is 13.3 Å². The van der Waals surface area contributed by atoms with Crippen LogP contribution < -0.4 is 0 Å². The molecule has 0 spiro atoms. The molecule has 2 heterocycles. The average molecular weight is 310 g/mol. The number of aliphatic carboxylic acids is 1. The zero-order valence-electron chi connectivity index (χ0n) is 12.0. The van der Waals surface area contributed by atoms with E-state index < -0.39 is 5.97 Å². The van der Waals surface area contributed by atoms with Crippen molar-refractivity contribution in [1.29, 1.82) is 0 Å². The van der Waals surface area contributed by atoms with Gasteiger partial charge in [-0.25, -0.2) is 4.98 Å². The molecule has 5 heteroatoms. The van der Waals surface area contributed by atoms with Crippen molar-refractivity contribution in [2.24, 2.45) is 0 Å². The summed E-state index contributed by atoms with van der Waals surface area (Å²) in [5, 5.41) is 9.93. The van der Waals surface area contributed by atoms with Crippen LogP contribution in [0.2, 0.25) is 0 Å². The van der Waals surface area contributed by atoms with Gasteiger partial charge in [0.2, 0.25) is 0 Å². The Morgan fingerprint density at radius 3 is 2.68 bits per heavy atom. The van der Waals surface area contributed by atoms with Gasteiger partial charge < -0.3 is 5.11 Å². The number of pyridine rings is 1. The molecule has 0 saturated carbocycles. The molecule has 3 aromatic rings. The van der Waals surface area contributed by atoms with E-state index in [1.165, 1.54) is 0 Å². The van der Waals surface area contributed by atoms with E-state index in [4.69, 9.17) is 5.11 Å². The van der Waals surface area contributed by atoms with Crippen molar-refractivity contribution in [2.75, 3.05) is 0 Å². The Morgan fingerprint density at radius 1 is 1.18 bits per heavy atom. The largest absolute Gasteiger partial charge is 0.481 e. The van der Waals surface area contributed by atoms with Gasteiger partial charge in [-0.15, -0.1) is 11.3 Å². The Kier molecular flexibility index (Phi) is 3.98. The van der Waals surface area contributed by atoms with E-state index in [-0.39, 0.29) is 6.42 Å². The highest BCUT2D eigenvalue weighted by atomic mass is 32.1. The predicted molar refractivity (Wildman–Crippen MR) is 86.9 cm³/mol. The van der Waals surface area contributed by atoms with Crippen molar-refractivity contribution in [3.05, 3.63) is 59.4 Å². The summed E-state index contributed by atoms with van der Waals surface area (Å²) >= 11 is 1.61. The molecule has 0 unspecified atom stereocenters. The fourth-order valence-electron chi connectivity index (χ4n) is 2.33. The number of carbonyl (C=O) groups is 1. The summed E-state index contributed by atoms with van der Waals surface area (Å²) in [6.45, 7) is 1.97. The van der Waals surface area contributed by atoms with Gasteiger partial charge in [0, 0.05) is 18.0 Å². The SMILES string of the molecule is Cc1nc(-c2ccncc2)c(-c2cccc(CC(=O)O)c2)s1. The van der Waals surface area contributed by atoms with Gasteiger partial charge in [0.05, 0.1) is 22.0 Å². The van der Waals surface area contributed by atoms with E-state index in [1.807, 2.05) is 43.3 Å². The van der Waals surface area contributed by atoms with E-state index in [2.05, 4.69) is 9.97 Å². The summed E-state index contributed by atoms with van der Waals surface area (Å²) in [7, 11) is 0. The molecule has 0 saturated heterocycles. The molecule has 3 rings (SSSR count).